The maximum atomic E-state index is 13.6. The van der Waals surface area contributed by atoms with Crippen molar-refractivity contribution in [3.8, 4) is 16.9 Å². The topological polar surface area (TPSA) is 87.1 Å². The number of anilines is 1. The second-order valence-corrected chi connectivity index (χ2v) is 9.40. The van der Waals surface area contributed by atoms with Crippen LogP contribution in [0.3, 0.4) is 0 Å². The van der Waals surface area contributed by atoms with Crippen LogP contribution in [0.4, 0.5) is 19.3 Å². The van der Waals surface area contributed by atoms with Gasteiger partial charge in [-0.1, -0.05) is 48.5 Å². The highest BCUT2D eigenvalue weighted by molar-refractivity contribution is 6.03. The van der Waals surface area contributed by atoms with Crippen LogP contribution in [-0.4, -0.2) is 22.3 Å². The van der Waals surface area contributed by atoms with Crippen molar-refractivity contribution < 1.29 is 33.3 Å². The van der Waals surface area contributed by atoms with Crippen LogP contribution >= 0.6 is 0 Å². The number of ether oxygens (including phenoxy) is 1. The van der Waals surface area contributed by atoms with Crippen molar-refractivity contribution in [3.63, 3.8) is 0 Å². The number of benzene rings is 4. The summed E-state index contributed by atoms with van der Waals surface area (Å²) in [7, 11) is 0. The molecule has 8 heteroatoms. The number of β-lactam (4-membered cyclic amide) rings is 1. The van der Waals surface area contributed by atoms with Crippen LogP contribution in [0, 0.1) is 17.6 Å². The number of hydrogen-bond acceptors (Lipinski definition) is 4. The van der Waals surface area contributed by atoms with Crippen molar-refractivity contribution >= 4 is 17.7 Å². The van der Waals surface area contributed by atoms with E-state index in [0.717, 1.165) is 16.7 Å². The van der Waals surface area contributed by atoms with Crippen molar-refractivity contribution in [2.24, 2.45) is 5.92 Å². The largest absolute Gasteiger partial charge is 0.511 e. The third-order valence-corrected chi connectivity index (χ3v) is 6.97. The number of carbonyl (C=O) groups is 2. The molecule has 0 spiro atoms. The molecule has 39 heavy (non-hydrogen) atoms. The Morgan fingerprint density at radius 3 is 1.92 bits per heavy atom. The first kappa shape index (κ1) is 26.1. The Kier molecular flexibility index (Phi) is 7.38. The lowest BCUT2D eigenvalue weighted by Crippen LogP contribution is -2.55. The van der Waals surface area contributed by atoms with Gasteiger partial charge in [-0.05, 0) is 83.6 Å². The second-order valence-electron chi connectivity index (χ2n) is 9.40. The molecule has 0 saturated carbocycles. The molecule has 1 amide bonds. The predicted molar refractivity (Wildman–Crippen MR) is 141 cm³/mol. The van der Waals surface area contributed by atoms with E-state index >= 15 is 0 Å². The van der Waals surface area contributed by atoms with Gasteiger partial charge in [0.1, 0.15) is 17.4 Å². The lowest BCUT2D eigenvalue weighted by Gasteiger charge is -2.48. The maximum Gasteiger partial charge on any atom is 0.511 e. The Hall–Kier alpha value is -4.56. The Morgan fingerprint density at radius 1 is 0.821 bits per heavy atom. The number of aliphatic hydroxyl groups excluding tert-OH is 1. The summed E-state index contributed by atoms with van der Waals surface area (Å²) in [6.07, 6.45) is -1.49. The van der Waals surface area contributed by atoms with E-state index in [-0.39, 0.29) is 23.5 Å². The molecule has 0 bridgehead atoms. The van der Waals surface area contributed by atoms with Gasteiger partial charge in [0.2, 0.25) is 5.91 Å². The summed E-state index contributed by atoms with van der Waals surface area (Å²) in [4.78, 5) is 25.6. The van der Waals surface area contributed by atoms with Crippen LogP contribution in [-0.2, 0) is 4.79 Å². The SMILES string of the molecule is O=C(O)Oc1ccc(-c2ccc([C@@H]3[C@@H](CC[C@H](O)c4ccc(F)cc4)C(=O)N3c3ccc(F)cc3)cc2)cc1. The zero-order chi connectivity index (χ0) is 27.5. The van der Waals surface area contributed by atoms with Gasteiger partial charge < -0.3 is 19.8 Å². The number of nitrogens with zero attached hydrogens (tertiary/aromatic N) is 1. The molecular weight excluding hydrogens is 504 g/mol. The average Bonchev–Trinajstić information content (AvgIpc) is 2.93. The van der Waals surface area contributed by atoms with E-state index in [4.69, 9.17) is 5.11 Å². The smallest absolute Gasteiger partial charge is 0.449 e. The molecule has 0 aliphatic carbocycles. The van der Waals surface area contributed by atoms with Crippen molar-refractivity contribution in [2.75, 3.05) is 4.90 Å². The van der Waals surface area contributed by atoms with Gasteiger partial charge in [-0.25, -0.2) is 13.6 Å². The Labute approximate surface area is 223 Å². The van der Waals surface area contributed by atoms with E-state index in [2.05, 4.69) is 4.74 Å². The molecule has 1 fully saturated rings. The standard InChI is InChI=1S/C31H25F2NO5/c32-23-9-5-21(6-10-23)28(35)18-17-27-29(34(30(27)36)25-13-11-24(33)12-14-25)22-3-1-19(2-4-22)20-7-15-26(16-8-20)39-31(37)38/h1-16,27-29,35H,17-18H2,(H,37,38)/t27-,28+,29-/m1/s1. The van der Waals surface area contributed by atoms with E-state index in [1.54, 1.807) is 41.3 Å². The molecule has 4 aromatic rings. The summed E-state index contributed by atoms with van der Waals surface area (Å²) in [5, 5.41) is 19.4. The summed E-state index contributed by atoms with van der Waals surface area (Å²) in [5.74, 6) is -1.08. The van der Waals surface area contributed by atoms with Crippen LogP contribution in [0.1, 0.15) is 36.1 Å². The molecule has 6 nitrogen and oxygen atoms in total. The van der Waals surface area contributed by atoms with Crippen LogP contribution in [0.15, 0.2) is 97.1 Å². The predicted octanol–water partition coefficient (Wildman–Crippen LogP) is 6.91. The summed E-state index contributed by atoms with van der Waals surface area (Å²) in [6, 6.07) is 25.4. The normalized spacial score (nSPS) is 17.4. The number of aliphatic hydroxyl groups is 1. The maximum absolute atomic E-state index is 13.6. The number of carbonyl (C=O) groups excluding carboxylic acids is 1. The summed E-state index contributed by atoms with van der Waals surface area (Å²) in [6.45, 7) is 0. The van der Waals surface area contributed by atoms with Gasteiger partial charge in [-0.15, -0.1) is 0 Å². The Balaban J connectivity index is 1.37. The average molecular weight is 530 g/mol. The first-order valence-corrected chi connectivity index (χ1v) is 12.4. The zero-order valence-corrected chi connectivity index (χ0v) is 20.7. The zero-order valence-electron chi connectivity index (χ0n) is 20.7. The molecule has 1 aliphatic rings. The fourth-order valence-electron chi connectivity index (χ4n) is 4.98. The lowest BCUT2D eigenvalue weighted by molar-refractivity contribution is -0.131. The molecule has 0 aromatic heterocycles. The molecular formula is C31H25F2NO5. The number of amides is 1. The molecule has 1 saturated heterocycles. The number of hydrogen-bond donors (Lipinski definition) is 2. The Morgan fingerprint density at radius 2 is 1.36 bits per heavy atom. The van der Waals surface area contributed by atoms with E-state index in [9.17, 15) is 23.5 Å². The van der Waals surface area contributed by atoms with Gasteiger partial charge in [-0.2, -0.15) is 0 Å². The van der Waals surface area contributed by atoms with E-state index in [1.165, 1.54) is 36.4 Å². The number of halogens is 2. The lowest BCUT2D eigenvalue weighted by atomic mass is 9.78. The highest BCUT2D eigenvalue weighted by atomic mass is 19.1. The molecule has 0 radical (unpaired) electrons. The molecule has 3 atom stereocenters. The number of rotatable bonds is 8. The van der Waals surface area contributed by atoms with Crippen LogP contribution in [0.2, 0.25) is 0 Å². The van der Waals surface area contributed by atoms with Gasteiger partial charge in [0.25, 0.3) is 0 Å². The van der Waals surface area contributed by atoms with Gasteiger partial charge in [0.15, 0.2) is 0 Å². The van der Waals surface area contributed by atoms with Crippen molar-refractivity contribution in [2.45, 2.75) is 25.0 Å². The molecule has 0 unspecified atom stereocenters. The molecule has 2 N–H and O–H groups in total. The molecule has 4 aromatic carbocycles. The molecule has 198 valence electrons. The van der Waals surface area contributed by atoms with Gasteiger partial charge in [-0.3, -0.25) is 4.79 Å². The van der Waals surface area contributed by atoms with Gasteiger partial charge in [0.05, 0.1) is 18.1 Å². The fraction of sp³-hybridized carbons (Fsp3) is 0.161. The minimum atomic E-state index is -1.38. The third kappa shape index (κ3) is 5.66. The minimum Gasteiger partial charge on any atom is -0.449 e. The van der Waals surface area contributed by atoms with Crippen molar-refractivity contribution in [1.82, 2.24) is 0 Å². The first-order chi connectivity index (χ1) is 18.8. The van der Waals surface area contributed by atoms with Crippen molar-refractivity contribution in [3.05, 3.63) is 120 Å². The molecule has 5 rings (SSSR count). The van der Waals surface area contributed by atoms with Gasteiger partial charge in [0, 0.05) is 5.69 Å². The highest BCUT2D eigenvalue weighted by Crippen LogP contribution is 2.46. The summed E-state index contributed by atoms with van der Waals surface area (Å²) >= 11 is 0. The number of carboxylic acid groups (broad SMARTS) is 1. The highest BCUT2D eigenvalue weighted by Gasteiger charge is 2.48. The monoisotopic (exact) mass is 529 g/mol. The molecule has 1 heterocycles. The first-order valence-electron chi connectivity index (χ1n) is 12.4. The quantitative estimate of drug-likeness (QED) is 0.147. The van der Waals surface area contributed by atoms with E-state index in [1.807, 2.05) is 24.3 Å². The Bertz CT molecular complexity index is 1460. The van der Waals surface area contributed by atoms with Crippen LogP contribution in [0.25, 0.3) is 11.1 Å². The van der Waals surface area contributed by atoms with Crippen LogP contribution in [0.5, 0.6) is 5.75 Å². The van der Waals surface area contributed by atoms with Crippen LogP contribution < -0.4 is 9.64 Å². The summed E-state index contributed by atoms with van der Waals surface area (Å²) in [5.41, 5.74) is 3.80. The fourth-order valence-corrected chi connectivity index (χ4v) is 4.98. The third-order valence-electron chi connectivity index (χ3n) is 6.97. The minimum absolute atomic E-state index is 0.115. The van der Waals surface area contributed by atoms with E-state index < -0.39 is 24.0 Å². The summed E-state index contributed by atoms with van der Waals surface area (Å²) < 4.78 is 31.5. The van der Waals surface area contributed by atoms with Gasteiger partial charge >= 0.3 is 6.16 Å². The van der Waals surface area contributed by atoms with Crippen molar-refractivity contribution in [1.29, 1.82) is 0 Å². The second kappa shape index (κ2) is 11.0. The molecule has 1 aliphatic heterocycles. The van der Waals surface area contributed by atoms with E-state index in [0.29, 0.717) is 24.1 Å².